The summed E-state index contributed by atoms with van der Waals surface area (Å²) in [6.07, 6.45) is 5.41. The molecule has 0 aromatic heterocycles. The highest BCUT2D eigenvalue weighted by Crippen LogP contribution is 1.88. The van der Waals surface area contributed by atoms with E-state index in [4.69, 9.17) is 0 Å². The van der Waals surface area contributed by atoms with Crippen LogP contribution in [0.15, 0.2) is 17.3 Å². The first-order valence-corrected chi connectivity index (χ1v) is 2.80. The Kier molecular flexibility index (Phi) is 1.75. The summed E-state index contributed by atoms with van der Waals surface area (Å²) in [5, 5.41) is 0. The molecule has 0 unspecified atom stereocenters. The number of hydrogen-bond donors (Lipinski definition) is 0. The van der Waals surface area contributed by atoms with Crippen LogP contribution in [0.5, 0.6) is 0 Å². The third-order valence-electron chi connectivity index (χ3n) is 0.858. The second-order valence-electron chi connectivity index (χ2n) is 1.45. The SMILES string of the molecule is S=CN1C=NC=CC1. The maximum atomic E-state index is 4.65. The van der Waals surface area contributed by atoms with Gasteiger partial charge in [-0.15, -0.1) is 0 Å². The molecule has 2 nitrogen and oxygen atoms in total. The molecular formula is C5H6N2S. The normalized spacial score (nSPS) is 16.8. The molecule has 0 bridgehead atoms. The van der Waals surface area contributed by atoms with Gasteiger partial charge in [0.25, 0.3) is 0 Å². The Bertz CT molecular complexity index is 139. The zero-order chi connectivity index (χ0) is 5.82. The summed E-state index contributed by atoms with van der Waals surface area (Å²) >= 11 is 4.65. The smallest absolute Gasteiger partial charge is 0.0954 e. The Morgan fingerprint density at radius 1 is 1.75 bits per heavy atom. The summed E-state index contributed by atoms with van der Waals surface area (Å²) in [5.74, 6) is 0. The van der Waals surface area contributed by atoms with Crippen LogP contribution in [-0.4, -0.2) is 23.3 Å². The van der Waals surface area contributed by atoms with Crippen LogP contribution in [0.3, 0.4) is 0 Å². The van der Waals surface area contributed by atoms with Gasteiger partial charge >= 0.3 is 0 Å². The van der Waals surface area contributed by atoms with Crippen LogP contribution in [0.25, 0.3) is 0 Å². The van der Waals surface area contributed by atoms with Crippen LogP contribution in [0.1, 0.15) is 0 Å². The molecule has 0 amide bonds. The minimum Gasteiger partial charge on any atom is -0.326 e. The zero-order valence-corrected chi connectivity index (χ0v) is 5.14. The summed E-state index contributed by atoms with van der Waals surface area (Å²) < 4.78 is 0. The Hall–Kier alpha value is -0.700. The molecule has 0 N–H and O–H groups in total. The number of aliphatic imine (C=N–C) groups is 1. The largest absolute Gasteiger partial charge is 0.326 e. The maximum absolute atomic E-state index is 4.65. The first-order chi connectivity index (χ1) is 3.93. The van der Waals surface area contributed by atoms with E-state index in [0.717, 1.165) is 6.54 Å². The van der Waals surface area contributed by atoms with Crippen molar-refractivity contribution in [2.45, 2.75) is 0 Å². The van der Waals surface area contributed by atoms with Gasteiger partial charge in [0.05, 0.1) is 11.8 Å². The molecule has 0 atom stereocenters. The molecule has 0 aromatic carbocycles. The molecule has 0 saturated heterocycles. The van der Waals surface area contributed by atoms with E-state index in [1.54, 1.807) is 18.0 Å². The molecule has 0 aliphatic carbocycles. The van der Waals surface area contributed by atoms with Gasteiger partial charge in [-0.2, -0.15) is 0 Å². The van der Waals surface area contributed by atoms with Crippen LogP contribution >= 0.6 is 12.2 Å². The van der Waals surface area contributed by atoms with Crippen LogP contribution in [0, 0.1) is 0 Å². The van der Waals surface area contributed by atoms with Gasteiger partial charge in [-0.05, 0) is 6.08 Å². The minimum absolute atomic E-state index is 0.854. The van der Waals surface area contributed by atoms with Crippen molar-refractivity contribution in [1.82, 2.24) is 4.90 Å². The highest BCUT2D eigenvalue weighted by Gasteiger charge is 1.91. The Morgan fingerprint density at radius 3 is 3.00 bits per heavy atom. The third kappa shape index (κ3) is 1.13. The fraction of sp³-hybridized carbons (Fsp3) is 0.200. The lowest BCUT2D eigenvalue weighted by Crippen LogP contribution is -2.20. The predicted molar refractivity (Wildman–Crippen MR) is 38.0 cm³/mol. The van der Waals surface area contributed by atoms with Crippen molar-refractivity contribution in [1.29, 1.82) is 0 Å². The summed E-state index contributed by atoms with van der Waals surface area (Å²) in [6, 6.07) is 0. The van der Waals surface area contributed by atoms with Crippen molar-refractivity contribution in [2.75, 3.05) is 6.54 Å². The maximum Gasteiger partial charge on any atom is 0.0954 e. The fourth-order valence-electron chi connectivity index (χ4n) is 0.471. The summed E-state index contributed by atoms with van der Waals surface area (Å²) in [4.78, 5) is 5.68. The molecule has 0 aromatic rings. The predicted octanol–water partition coefficient (Wildman–Crippen LogP) is 0.801. The monoisotopic (exact) mass is 126 g/mol. The van der Waals surface area contributed by atoms with Gasteiger partial charge in [0.15, 0.2) is 0 Å². The van der Waals surface area contributed by atoms with E-state index in [1.807, 2.05) is 11.0 Å². The molecule has 0 spiro atoms. The number of thiocarbonyl (C=S) groups is 1. The Balaban J connectivity index is 2.51. The van der Waals surface area contributed by atoms with E-state index < -0.39 is 0 Å². The van der Waals surface area contributed by atoms with Gasteiger partial charge in [-0.1, -0.05) is 12.2 Å². The van der Waals surface area contributed by atoms with E-state index in [0.29, 0.717) is 0 Å². The lowest BCUT2D eigenvalue weighted by atomic mass is 10.5. The van der Waals surface area contributed by atoms with Crippen molar-refractivity contribution in [2.24, 2.45) is 4.99 Å². The van der Waals surface area contributed by atoms with E-state index in [-0.39, 0.29) is 0 Å². The number of rotatable bonds is 1. The van der Waals surface area contributed by atoms with Crippen molar-refractivity contribution in [3.63, 3.8) is 0 Å². The lowest BCUT2D eigenvalue weighted by molar-refractivity contribution is 0.721. The molecule has 3 heteroatoms. The van der Waals surface area contributed by atoms with E-state index >= 15 is 0 Å². The molecule has 1 aliphatic rings. The number of hydrogen-bond acceptors (Lipinski definition) is 2. The second kappa shape index (κ2) is 2.57. The first-order valence-electron chi connectivity index (χ1n) is 2.33. The van der Waals surface area contributed by atoms with Gasteiger partial charge in [-0.25, -0.2) is 4.99 Å². The summed E-state index contributed by atoms with van der Waals surface area (Å²) in [6.45, 7) is 0.854. The molecule has 0 fully saturated rings. The topological polar surface area (TPSA) is 15.6 Å². The molecule has 0 saturated carbocycles. The summed E-state index contributed by atoms with van der Waals surface area (Å²) in [7, 11) is 0. The highest BCUT2D eigenvalue weighted by atomic mass is 32.1. The molecule has 8 heavy (non-hydrogen) atoms. The Morgan fingerprint density at radius 2 is 2.62 bits per heavy atom. The van der Waals surface area contributed by atoms with Crippen LogP contribution < -0.4 is 0 Å². The summed E-state index contributed by atoms with van der Waals surface area (Å²) in [5.41, 5.74) is 1.58. The Labute approximate surface area is 53.5 Å². The van der Waals surface area contributed by atoms with E-state index in [2.05, 4.69) is 17.2 Å². The van der Waals surface area contributed by atoms with Crippen molar-refractivity contribution in [3.8, 4) is 0 Å². The van der Waals surface area contributed by atoms with Crippen molar-refractivity contribution < 1.29 is 0 Å². The van der Waals surface area contributed by atoms with E-state index in [9.17, 15) is 0 Å². The quantitative estimate of drug-likeness (QED) is 0.483. The number of nitrogens with zero attached hydrogens (tertiary/aromatic N) is 2. The van der Waals surface area contributed by atoms with Crippen molar-refractivity contribution >= 4 is 24.0 Å². The lowest BCUT2D eigenvalue weighted by Gasteiger charge is -2.10. The second-order valence-corrected chi connectivity index (χ2v) is 1.66. The van der Waals surface area contributed by atoms with Crippen LogP contribution in [0.2, 0.25) is 0 Å². The average Bonchev–Trinajstić information content (AvgIpc) is 1.90. The minimum atomic E-state index is 0.854. The standard InChI is InChI=1S/C5H6N2S/c8-5-7-3-1-2-6-4-7/h1-2,4-5H,3H2. The van der Waals surface area contributed by atoms with Gasteiger partial charge in [-0.3, -0.25) is 0 Å². The highest BCUT2D eigenvalue weighted by molar-refractivity contribution is 7.78. The van der Waals surface area contributed by atoms with Gasteiger partial charge in [0.1, 0.15) is 0 Å². The molecular weight excluding hydrogens is 120 g/mol. The van der Waals surface area contributed by atoms with Crippen molar-refractivity contribution in [3.05, 3.63) is 12.3 Å². The van der Waals surface area contributed by atoms with Gasteiger partial charge < -0.3 is 4.90 Å². The molecule has 1 heterocycles. The zero-order valence-electron chi connectivity index (χ0n) is 4.32. The third-order valence-corrected chi connectivity index (χ3v) is 1.13. The fourth-order valence-corrected chi connectivity index (χ4v) is 0.612. The first kappa shape index (κ1) is 5.44. The van der Waals surface area contributed by atoms with Gasteiger partial charge in [0.2, 0.25) is 0 Å². The van der Waals surface area contributed by atoms with Gasteiger partial charge in [0, 0.05) is 12.7 Å². The molecule has 1 aliphatic heterocycles. The average molecular weight is 126 g/mol. The molecule has 0 radical (unpaired) electrons. The van der Waals surface area contributed by atoms with E-state index in [1.165, 1.54) is 0 Å². The molecule has 42 valence electrons. The van der Waals surface area contributed by atoms with Crippen LogP contribution in [-0.2, 0) is 0 Å². The molecule has 1 rings (SSSR count). The van der Waals surface area contributed by atoms with Crippen LogP contribution in [0.4, 0.5) is 0 Å².